The predicted octanol–water partition coefficient (Wildman–Crippen LogP) is 1.89. The quantitative estimate of drug-likeness (QED) is 0.821. The molecule has 0 saturated carbocycles. The van der Waals surface area contributed by atoms with Crippen LogP contribution in [0, 0.1) is 0 Å². The van der Waals surface area contributed by atoms with Gasteiger partial charge in [0.05, 0.1) is 12.2 Å². The largest absolute Gasteiger partial charge is 0.482 e. The van der Waals surface area contributed by atoms with Crippen molar-refractivity contribution in [2.24, 2.45) is 0 Å². The third-order valence-electron chi connectivity index (χ3n) is 4.80. The monoisotopic (exact) mass is 386 g/mol. The van der Waals surface area contributed by atoms with Gasteiger partial charge in [-0.3, -0.25) is 14.5 Å². The Labute approximate surface area is 161 Å². The summed E-state index contributed by atoms with van der Waals surface area (Å²) in [6, 6.07) is 7.44. The summed E-state index contributed by atoms with van der Waals surface area (Å²) in [6.07, 6.45) is 2.49. The van der Waals surface area contributed by atoms with Crippen molar-refractivity contribution in [3.63, 3.8) is 0 Å². The minimum Gasteiger partial charge on any atom is -0.482 e. The van der Waals surface area contributed by atoms with Crippen LogP contribution in [0.25, 0.3) is 0 Å². The van der Waals surface area contributed by atoms with Crippen molar-refractivity contribution < 1.29 is 14.3 Å². The van der Waals surface area contributed by atoms with Gasteiger partial charge in [0.1, 0.15) is 16.5 Å². The van der Waals surface area contributed by atoms with Crippen LogP contribution in [0.1, 0.15) is 28.3 Å². The van der Waals surface area contributed by atoms with Gasteiger partial charge in [0.2, 0.25) is 0 Å². The Kier molecular flexibility index (Phi) is 5.35. The smallest absolute Gasteiger partial charge is 0.270 e. The summed E-state index contributed by atoms with van der Waals surface area (Å²) in [6.45, 7) is 4.09. The number of fused-ring (bicyclic) bond motifs is 1. The van der Waals surface area contributed by atoms with Crippen LogP contribution in [0.5, 0.6) is 5.75 Å². The average molecular weight is 386 g/mol. The third-order valence-corrected chi connectivity index (χ3v) is 5.63. The first kappa shape index (κ1) is 17.9. The second-order valence-electron chi connectivity index (χ2n) is 6.67. The fourth-order valence-corrected chi connectivity index (χ4v) is 4.14. The van der Waals surface area contributed by atoms with Gasteiger partial charge in [-0.05, 0) is 38.1 Å². The summed E-state index contributed by atoms with van der Waals surface area (Å²) < 4.78 is 5.46. The van der Waals surface area contributed by atoms with E-state index in [0.717, 1.165) is 30.3 Å². The zero-order valence-electron chi connectivity index (χ0n) is 15.0. The SMILES string of the molecule is O=C(NCCN1CCCC1)c1csc(CN2C(=O)COc3ccccc32)n1. The molecular weight excluding hydrogens is 364 g/mol. The highest BCUT2D eigenvalue weighted by atomic mass is 32.1. The molecule has 4 rings (SSSR count). The van der Waals surface area contributed by atoms with Crippen molar-refractivity contribution in [2.45, 2.75) is 19.4 Å². The lowest BCUT2D eigenvalue weighted by Gasteiger charge is -2.28. The number of likely N-dealkylation sites (tertiary alicyclic amines) is 1. The first-order chi connectivity index (χ1) is 13.2. The minimum absolute atomic E-state index is 0.0201. The number of aromatic nitrogens is 1. The Morgan fingerprint density at radius 2 is 2.07 bits per heavy atom. The molecule has 1 aromatic heterocycles. The van der Waals surface area contributed by atoms with Gasteiger partial charge in [0, 0.05) is 18.5 Å². The van der Waals surface area contributed by atoms with Crippen LogP contribution in [0.15, 0.2) is 29.6 Å². The van der Waals surface area contributed by atoms with Crippen LogP contribution in [0.2, 0.25) is 0 Å². The molecule has 7 nitrogen and oxygen atoms in total. The molecule has 2 aliphatic rings. The number of benzene rings is 1. The Balaban J connectivity index is 1.36. The van der Waals surface area contributed by atoms with E-state index >= 15 is 0 Å². The van der Waals surface area contributed by atoms with E-state index in [1.807, 2.05) is 24.3 Å². The van der Waals surface area contributed by atoms with Gasteiger partial charge < -0.3 is 15.0 Å². The summed E-state index contributed by atoms with van der Waals surface area (Å²) in [4.78, 5) is 33.0. The van der Waals surface area contributed by atoms with E-state index < -0.39 is 0 Å². The van der Waals surface area contributed by atoms with Gasteiger partial charge in [0.15, 0.2) is 6.61 Å². The number of nitrogens with zero attached hydrogens (tertiary/aromatic N) is 3. The molecule has 8 heteroatoms. The molecule has 1 saturated heterocycles. The molecule has 0 spiro atoms. The number of nitrogens with one attached hydrogen (secondary N) is 1. The maximum Gasteiger partial charge on any atom is 0.270 e. The number of thiazole rings is 1. The lowest BCUT2D eigenvalue weighted by atomic mass is 10.2. The van der Waals surface area contributed by atoms with Gasteiger partial charge in [-0.25, -0.2) is 4.98 Å². The van der Waals surface area contributed by atoms with Crippen LogP contribution in [-0.2, 0) is 11.3 Å². The Morgan fingerprint density at radius 3 is 2.93 bits per heavy atom. The highest BCUT2D eigenvalue weighted by Crippen LogP contribution is 2.32. The summed E-state index contributed by atoms with van der Waals surface area (Å²) >= 11 is 1.39. The van der Waals surface area contributed by atoms with Crippen molar-refractivity contribution in [1.29, 1.82) is 0 Å². The fraction of sp³-hybridized carbons (Fsp3) is 0.421. The maximum absolute atomic E-state index is 12.3. The van der Waals surface area contributed by atoms with E-state index in [1.165, 1.54) is 24.2 Å². The molecule has 0 bridgehead atoms. The molecule has 1 N–H and O–H groups in total. The zero-order valence-corrected chi connectivity index (χ0v) is 15.8. The number of rotatable bonds is 6. The van der Waals surface area contributed by atoms with Crippen LogP contribution in [0.3, 0.4) is 0 Å². The van der Waals surface area contributed by atoms with Crippen molar-refractivity contribution in [2.75, 3.05) is 37.7 Å². The molecule has 0 unspecified atom stereocenters. The molecule has 1 fully saturated rings. The molecule has 27 heavy (non-hydrogen) atoms. The number of para-hydroxylation sites is 2. The molecule has 2 aromatic rings. The molecular formula is C19H22N4O3S. The Morgan fingerprint density at radius 1 is 1.26 bits per heavy atom. The van der Waals surface area contributed by atoms with Crippen molar-refractivity contribution in [3.05, 3.63) is 40.3 Å². The molecule has 1 aromatic carbocycles. The van der Waals surface area contributed by atoms with Gasteiger partial charge >= 0.3 is 0 Å². The summed E-state index contributed by atoms with van der Waals surface area (Å²) in [5.74, 6) is 0.416. The standard InChI is InChI=1S/C19H22N4O3S/c24-18-12-26-16-6-2-1-5-15(16)23(18)11-17-21-14(13-27-17)19(25)20-7-10-22-8-3-4-9-22/h1-2,5-6,13H,3-4,7-12H2,(H,20,25). The lowest BCUT2D eigenvalue weighted by molar-refractivity contribution is -0.121. The molecule has 2 amide bonds. The van der Waals surface area contributed by atoms with E-state index in [4.69, 9.17) is 4.74 Å². The van der Waals surface area contributed by atoms with Crippen LogP contribution in [0.4, 0.5) is 5.69 Å². The average Bonchev–Trinajstić information content (AvgIpc) is 3.36. The van der Waals surface area contributed by atoms with Crippen molar-refractivity contribution >= 4 is 28.8 Å². The maximum atomic E-state index is 12.3. The summed E-state index contributed by atoms with van der Waals surface area (Å²) in [5, 5.41) is 5.40. The van der Waals surface area contributed by atoms with E-state index in [-0.39, 0.29) is 18.4 Å². The van der Waals surface area contributed by atoms with E-state index in [1.54, 1.807) is 10.3 Å². The van der Waals surface area contributed by atoms with Gasteiger partial charge in [0.25, 0.3) is 11.8 Å². The van der Waals surface area contributed by atoms with Crippen LogP contribution >= 0.6 is 11.3 Å². The molecule has 142 valence electrons. The lowest BCUT2D eigenvalue weighted by Crippen LogP contribution is -2.38. The second kappa shape index (κ2) is 8.06. The Bertz CT molecular complexity index is 832. The third kappa shape index (κ3) is 4.12. The highest BCUT2D eigenvalue weighted by Gasteiger charge is 2.26. The number of hydrogen-bond acceptors (Lipinski definition) is 6. The number of carbonyl (C=O) groups excluding carboxylic acids is 2. The van der Waals surface area contributed by atoms with E-state index in [2.05, 4.69) is 15.2 Å². The zero-order chi connectivity index (χ0) is 18.6. The summed E-state index contributed by atoms with van der Waals surface area (Å²) in [7, 11) is 0. The van der Waals surface area contributed by atoms with Gasteiger partial charge in [-0.15, -0.1) is 11.3 Å². The van der Waals surface area contributed by atoms with E-state index in [9.17, 15) is 9.59 Å². The van der Waals surface area contributed by atoms with Crippen molar-refractivity contribution in [1.82, 2.24) is 15.2 Å². The van der Waals surface area contributed by atoms with Gasteiger partial charge in [-0.2, -0.15) is 0 Å². The fourth-order valence-electron chi connectivity index (χ4n) is 3.37. The number of amides is 2. The van der Waals surface area contributed by atoms with Crippen LogP contribution < -0.4 is 15.0 Å². The molecule has 0 radical (unpaired) electrons. The summed E-state index contributed by atoms with van der Waals surface area (Å²) in [5.41, 5.74) is 1.14. The normalized spacial score (nSPS) is 16.9. The Hall–Kier alpha value is -2.45. The minimum atomic E-state index is -0.162. The number of carbonyl (C=O) groups is 2. The molecule has 0 aliphatic carbocycles. The number of ether oxygens (including phenoxy) is 1. The molecule has 2 aliphatic heterocycles. The first-order valence-electron chi connectivity index (χ1n) is 9.18. The topological polar surface area (TPSA) is 74.8 Å². The first-order valence-corrected chi connectivity index (χ1v) is 10.1. The van der Waals surface area contributed by atoms with E-state index in [0.29, 0.717) is 24.5 Å². The second-order valence-corrected chi connectivity index (χ2v) is 7.61. The predicted molar refractivity (Wildman–Crippen MR) is 103 cm³/mol. The highest BCUT2D eigenvalue weighted by molar-refractivity contribution is 7.09. The molecule has 3 heterocycles. The number of hydrogen-bond donors (Lipinski definition) is 1. The van der Waals surface area contributed by atoms with Gasteiger partial charge in [-0.1, -0.05) is 12.1 Å². The van der Waals surface area contributed by atoms with Crippen molar-refractivity contribution in [3.8, 4) is 5.75 Å². The molecule has 0 atom stereocenters. The van der Waals surface area contributed by atoms with Crippen LogP contribution in [-0.4, -0.2) is 54.5 Å². The number of anilines is 1.